The zero-order valence-corrected chi connectivity index (χ0v) is 12.3. The maximum atomic E-state index is 6.11. The maximum Gasteiger partial charge on any atom is 0.256 e. The van der Waals surface area contributed by atoms with Crippen LogP contribution in [-0.4, -0.2) is 29.4 Å². The number of aryl methyl sites for hydroxylation is 2. The van der Waals surface area contributed by atoms with Gasteiger partial charge >= 0.3 is 0 Å². The lowest BCUT2D eigenvalue weighted by Crippen LogP contribution is -2.02. The van der Waals surface area contributed by atoms with E-state index in [1.54, 1.807) is 4.68 Å². The zero-order valence-electron chi connectivity index (χ0n) is 11.5. The minimum absolute atomic E-state index is 0.347. The van der Waals surface area contributed by atoms with Crippen molar-refractivity contribution >= 4 is 17.4 Å². The second-order valence-electron chi connectivity index (χ2n) is 4.53. The van der Waals surface area contributed by atoms with E-state index >= 15 is 0 Å². The van der Waals surface area contributed by atoms with Crippen LogP contribution in [0.25, 0.3) is 5.78 Å². The molecule has 0 saturated heterocycles. The van der Waals surface area contributed by atoms with Gasteiger partial charge in [-0.2, -0.15) is 24.7 Å². The Morgan fingerprint density at radius 3 is 2.65 bits per heavy atom. The van der Waals surface area contributed by atoms with E-state index < -0.39 is 0 Å². The van der Waals surface area contributed by atoms with E-state index in [1.807, 2.05) is 27.8 Å². The molecule has 0 radical (unpaired) electrons. The Hall–Kier alpha value is -2.15. The van der Waals surface area contributed by atoms with Gasteiger partial charge in [-0.1, -0.05) is 11.6 Å². The number of nitrogens with zero attached hydrogens (tertiary/aromatic N) is 6. The molecule has 0 aliphatic carbocycles. The Kier molecular flexibility index (Phi) is 2.86. The summed E-state index contributed by atoms with van der Waals surface area (Å²) in [6, 6.07) is 0. The third-order valence-corrected chi connectivity index (χ3v) is 3.56. The zero-order chi connectivity index (χ0) is 14.4. The predicted octanol–water partition coefficient (Wildman–Crippen LogP) is 2.23. The van der Waals surface area contributed by atoms with Crippen molar-refractivity contribution < 1.29 is 4.74 Å². The molecule has 3 rings (SSSR count). The lowest BCUT2D eigenvalue weighted by molar-refractivity contribution is 0.435. The van der Waals surface area contributed by atoms with Gasteiger partial charge in [0.25, 0.3) is 5.78 Å². The monoisotopic (exact) mass is 292 g/mol. The SMILES string of the molecule is Cc1nn(C)c(C)c1Oc1c(C)c(Cl)nc2ncnn12. The minimum atomic E-state index is 0.347. The highest BCUT2D eigenvalue weighted by Crippen LogP contribution is 2.32. The Morgan fingerprint density at radius 2 is 2.00 bits per heavy atom. The van der Waals surface area contributed by atoms with E-state index in [2.05, 4.69) is 20.2 Å². The highest BCUT2D eigenvalue weighted by Gasteiger charge is 2.18. The van der Waals surface area contributed by atoms with Crippen LogP contribution in [0.5, 0.6) is 11.6 Å². The molecule has 0 aliphatic rings. The van der Waals surface area contributed by atoms with E-state index in [1.165, 1.54) is 10.8 Å². The Morgan fingerprint density at radius 1 is 1.25 bits per heavy atom. The molecule has 0 N–H and O–H groups in total. The normalized spacial score (nSPS) is 11.2. The van der Waals surface area contributed by atoms with Crippen molar-refractivity contribution in [2.45, 2.75) is 20.8 Å². The van der Waals surface area contributed by atoms with E-state index in [9.17, 15) is 0 Å². The number of hydrogen-bond donors (Lipinski definition) is 0. The van der Waals surface area contributed by atoms with Gasteiger partial charge in [0.2, 0.25) is 5.88 Å². The smallest absolute Gasteiger partial charge is 0.256 e. The van der Waals surface area contributed by atoms with Crippen molar-refractivity contribution in [2.24, 2.45) is 7.05 Å². The first-order valence-corrected chi connectivity index (χ1v) is 6.40. The summed E-state index contributed by atoms with van der Waals surface area (Å²) in [7, 11) is 1.87. The van der Waals surface area contributed by atoms with Crippen LogP contribution in [0.15, 0.2) is 6.33 Å². The first-order valence-electron chi connectivity index (χ1n) is 6.03. The fraction of sp³-hybridized carbons (Fsp3) is 0.333. The van der Waals surface area contributed by atoms with Crippen molar-refractivity contribution in [3.05, 3.63) is 28.4 Å². The number of ether oxygens (including phenoxy) is 1. The molecule has 0 unspecified atom stereocenters. The Bertz CT molecular complexity index is 806. The number of rotatable bonds is 2. The topological polar surface area (TPSA) is 70.1 Å². The summed E-state index contributed by atoms with van der Waals surface area (Å²) in [5, 5.41) is 8.79. The second-order valence-corrected chi connectivity index (χ2v) is 4.89. The van der Waals surface area contributed by atoms with Crippen LogP contribution >= 0.6 is 11.6 Å². The predicted molar refractivity (Wildman–Crippen MR) is 73.3 cm³/mol. The highest BCUT2D eigenvalue weighted by atomic mass is 35.5. The average molecular weight is 293 g/mol. The standard InChI is InChI=1S/C12H13ClN6O/c1-6-10(13)16-12-14-5-15-19(12)11(6)20-9-7(2)17-18(4)8(9)3/h5H,1-4H3. The van der Waals surface area contributed by atoms with Gasteiger partial charge in [0, 0.05) is 12.6 Å². The van der Waals surface area contributed by atoms with Gasteiger partial charge in [-0.05, 0) is 20.8 Å². The van der Waals surface area contributed by atoms with E-state index in [0.717, 1.165) is 11.4 Å². The molecule has 0 spiro atoms. The van der Waals surface area contributed by atoms with Crippen molar-refractivity contribution in [1.29, 1.82) is 0 Å². The Balaban J connectivity index is 2.19. The van der Waals surface area contributed by atoms with Crippen molar-refractivity contribution in [2.75, 3.05) is 0 Å². The summed E-state index contributed by atoms with van der Waals surface area (Å²) in [6.45, 7) is 5.65. The molecule has 3 heterocycles. The summed E-state index contributed by atoms with van der Waals surface area (Å²) in [6.07, 6.45) is 1.41. The first-order chi connectivity index (χ1) is 9.49. The van der Waals surface area contributed by atoms with Gasteiger partial charge in [0.05, 0.1) is 5.69 Å². The van der Waals surface area contributed by atoms with Gasteiger partial charge in [0.1, 0.15) is 17.2 Å². The number of fused-ring (bicyclic) bond motifs is 1. The molecular formula is C12H13ClN6O. The lowest BCUT2D eigenvalue weighted by Gasteiger charge is -2.10. The van der Waals surface area contributed by atoms with Gasteiger partial charge in [0.15, 0.2) is 5.75 Å². The summed E-state index contributed by atoms with van der Waals surface area (Å²) in [5.74, 6) is 1.58. The van der Waals surface area contributed by atoms with Crippen molar-refractivity contribution in [3.63, 3.8) is 0 Å². The van der Waals surface area contributed by atoms with Gasteiger partial charge in [-0.15, -0.1) is 0 Å². The molecule has 3 aromatic rings. The molecule has 0 aliphatic heterocycles. The molecule has 3 aromatic heterocycles. The van der Waals surface area contributed by atoms with Crippen LogP contribution in [0.2, 0.25) is 5.15 Å². The molecule has 0 amide bonds. The molecule has 8 heteroatoms. The van der Waals surface area contributed by atoms with Crippen LogP contribution in [0.1, 0.15) is 17.0 Å². The van der Waals surface area contributed by atoms with Gasteiger partial charge in [-0.3, -0.25) is 4.68 Å². The molecule has 0 bridgehead atoms. The lowest BCUT2D eigenvalue weighted by atomic mass is 10.3. The van der Waals surface area contributed by atoms with E-state index in [-0.39, 0.29) is 0 Å². The third-order valence-electron chi connectivity index (χ3n) is 3.19. The van der Waals surface area contributed by atoms with Crippen LogP contribution in [-0.2, 0) is 7.05 Å². The van der Waals surface area contributed by atoms with Crippen LogP contribution in [0.3, 0.4) is 0 Å². The largest absolute Gasteiger partial charge is 0.435 e. The maximum absolute atomic E-state index is 6.11. The summed E-state index contributed by atoms with van der Waals surface area (Å²) in [4.78, 5) is 8.17. The van der Waals surface area contributed by atoms with Gasteiger partial charge in [-0.25, -0.2) is 0 Å². The van der Waals surface area contributed by atoms with E-state index in [4.69, 9.17) is 16.3 Å². The molecule has 0 atom stereocenters. The molecular weight excluding hydrogens is 280 g/mol. The second kappa shape index (κ2) is 4.45. The Labute approximate surface area is 120 Å². The van der Waals surface area contributed by atoms with Crippen molar-refractivity contribution in [1.82, 2.24) is 29.4 Å². The van der Waals surface area contributed by atoms with Crippen LogP contribution in [0, 0.1) is 20.8 Å². The quantitative estimate of drug-likeness (QED) is 0.677. The van der Waals surface area contributed by atoms with Crippen LogP contribution < -0.4 is 4.74 Å². The summed E-state index contributed by atoms with van der Waals surface area (Å²) >= 11 is 6.11. The molecule has 0 aromatic carbocycles. The summed E-state index contributed by atoms with van der Waals surface area (Å²) < 4.78 is 9.28. The van der Waals surface area contributed by atoms with Crippen LogP contribution in [0.4, 0.5) is 0 Å². The molecule has 0 saturated carbocycles. The molecule has 20 heavy (non-hydrogen) atoms. The van der Waals surface area contributed by atoms with Crippen molar-refractivity contribution in [3.8, 4) is 11.6 Å². The number of hydrogen-bond acceptors (Lipinski definition) is 5. The van der Waals surface area contributed by atoms with E-state index in [0.29, 0.717) is 28.1 Å². The number of aromatic nitrogens is 6. The third kappa shape index (κ3) is 1.82. The number of halogens is 1. The summed E-state index contributed by atoms with van der Waals surface area (Å²) in [5.41, 5.74) is 2.42. The fourth-order valence-corrected chi connectivity index (χ4v) is 2.15. The highest BCUT2D eigenvalue weighted by molar-refractivity contribution is 6.30. The van der Waals surface area contributed by atoms with Gasteiger partial charge < -0.3 is 4.74 Å². The average Bonchev–Trinajstić information content (AvgIpc) is 2.94. The molecule has 0 fully saturated rings. The fourth-order valence-electron chi connectivity index (χ4n) is 1.99. The minimum Gasteiger partial charge on any atom is -0.435 e. The first kappa shape index (κ1) is 12.9. The molecule has 104 valence electrons. The molecule has 7 nitrogen and oxygen atoms in total.